The zero-order valence-corrected chi connectivity index (χ0v) is 18.8. The molecule has 1 atom stereocenters. The van der Waals surface area contributed by atoms with E-state index in [1.165, 1.54) is 12.1 Å². The van der Waals surface area contributed by atoms with E-state index in [0.717, 1.165) is 50.2 Å². The van der Waals surface area contributed by atoms with Crippen molar-refractivity contribution in [3.05, 3.63) is 107 Å². The van der Waals surface area contributed by atoms with Crippen LogP contribution in [-0.4, -0.2) is 10.1 Å². The van der Waals surface area contributed by atoms with Gasteiger partial charge in [0, 0.05) is 33.8 Å². The fraction of sp³-hybridized carbons (Fsp3) is 0.138. The Labute approximate surface area is 196 Å². The number of rotatable bonds is 3. The third-order valence-electron chi connectivity index (χ3n) is 6.33. The second kappa shape index (κ2) is 7.82. The highest BCUT2D eigenvalue weighted by Gasteiger charge is 2.26. The molecule has 0 bridgehead atoms. The number of furan rings is 1. The minimum absolute atomic E-state index is 0.356. The van der Waals surface area contributed by atoms with Gasteiger partial charge in [-0.25, -0.2) is 4.39 Å². The summed E-state index contributed by atoms with van der Waals surface area (Å²) < 4.78 is 25.6. The Hall–Kier alpha value is -3.96. The molecule has 0 saturated heterocycles. The first-order valence-electron chi connectivity index (χ1n) is 11.2. The SMILES string of the molecule is Cc1ccc2c(c1)-c1ncc(-c3c([C@@H](O)c4ccc(F)cc4)oc4ccc(C)cc34)cc1CO2. The number of aliphatic hydroxyl groups is 1. The molecule has 1 aliphatic heterocycles. The number of aryl methyl sites for hydroxylation is 2. The Bertz CT molecular complexity index is 1550. The minimum atomic E-state index is -1.06. The molecule has 168 valence electrons. The van der Waals surface area contributed by atoms with Crippen LogP contribution in [0.4, 0.5) is 4.39 Å². The number of ether oxygens (including phenoxy) is 1. The fourth-order valence-corrected chi connectivity index (χ4v) is 4.63. The van der Waals surface area contributed by atoms with Crippen molar-refractivity contribution in [3.8, 4) is 28.1 Å². The van der Waals surface area contributed by atoms with Crippen molar-refractivity contribution >= 4 is 11.0 Å². The van der Waals surface area contributed by atoms with E-state index < -0.39 is 6.10 Å². The van der Waals surface area contributed by atoms with E-state index in [1.54, 1.807) is 12.1 Å². The highest BCUT2D eigenvalue weighted by atomic mass is 19.1. The van der Waals surface area contributed by atoms with Gasteiger partial charge < -0.3 is 14.3 Å². The molecule has 5 heteroatoms. The van der Waals surface area contributed by atoms with Gasteiger partial charge in [-0.2, -0.15) is 0 Å². The number of aromatic nitrogens is 1. The van der Waals surface area contributed by atoms with Gasteiger partial charge >= 0.3 is 0 Å². The third kappa shape index (κ3) is 3.37. The smallest absolute Gasteiger partial charge is 0.146 e. The van der Waals surface area contributed by atoms with Crippen LogP contribution in [0.3, 0.4) is 0 Å². The molecule has 1 N–H and O–H groups in total. The highest BCUT2D eigenvalue weighted by molar-refractivity contribution is 5.97. The zero-order chi connectivity index (χ0) is 23.4. The molecule has 6 rings (SSSR count). The first kappa shape index (κ1) is 20.6. The van der Waals surface area contributed by atoms with E-state index in [-0.39, 0.29) is 5.82 Å². The number of nitrogens with zero attached hydrogens (tertiary/aromatic N) is 1. The van der Waals surface area contributed by atoms with Crippen LogP contribution in [0, 0.1) is 19.7 Å². The molecule has 0 amide bonds. The number of benzene rings is 3. The van der Waals surface area contributed by atoms with Gasteiger partial charge in [-0.05, 0) is 61.9 Å². The predicted molar refractivity (Wildman–Crippen MR) is 129 cm³/mol. The van der Waals surface area contributed by atoms with Gasteiger partial charge in [0.05, 0.1) is 5.69 Å². The van der Waals surface area contributed by atoms with E-state index in [1.807, 2.05) is 50.4 Å². The van der Waals surface area contributed by atoms with Gasteiger partial charge in [0.2, 0.25) is 0 Å². The highest BCUT2D eigenvalue weighted by Crippen LogP contribution is 2.43. The lowest BCUT2D eigenvalue weighted by atomic mass is 9.94. The second-order valence-electron chi connectivity index (χ2n) is 8.82. The summed E-state index contributed by atoms with van der Waals surface area (Å²) in [6.45, 7) is 4.48. The fourth-order valence-electron chi connectivity index (χ4n) is 4.63. The maximum atomic E-state index is 13.5. The Kier molecular flexibility index (Phi) is 4.74. The first-order valence-corrected chi connectivity index (χ1v) is 11.2. The lowest BCUT2D eigenvalue weighted by Crippen LogP contribution is -2.08. The van der Waals surface area contributed by atoms with E-state index in [9.17, 15) is 9.50 Å². The topological polar surface area (TPSA) is 55.5 Å². The first-order chi connectivity index (χ1) is 16.5. The summed E-state index contributed by atoms with van der Waals surface area (Å²) >= 11 is 0. The Morgan fingerprint density at radius 1 is 0.941 bits per heavy atom. The molecule has 0 spiro atoms. The largest absolute Gasteiger partial charge is 0.488 e. The van der Waals surface area contributed by atoms with Crippen molar-refractivity contribution in [2.75, 3.05) is 0 Å². The average Bonchev–Trinajstić information content (AvgIpc) is 3.22. The summed E-state index contributed by atoms with van der Waals surface area (Å²) in [5.74, 6) is 0.878. The average molecular weight is 451 g/mol. The molecule has 3 heterocycles. The maximum Gasteiger partial charge on any atom is 0.146 e. The quantitative estimate of drug-likeness (QED) is 0.324. The van der Waals surface area contributed by atoms with Crippen LogP contribution in [0.1, 0.15) is 34.1 Å². The van der Waals surface area contributed by atoms with Gasteiger partial charge in [-0.3, -0.25) is 4.98 Å². The minimum Gasteiger partial charge on any atom is -0.488 e. The van der Waals surface area contributed by atoms with Gasteiger partial charge in [0.15, 0.2) is 0 Å². The molecule has 1 aliphatic rings. The van der Waals surface area contributed by atoms with Crippen LogP contribution in [0.25, 0.3) is 33.4 Å². The van der Waals surface area contributed by atoms with Crippen molar-refractivity contribution in [3.63, 3.8) is 0 Å². The molecule has 0 aliphatic carbocycles. The van der Waals surface area contributed by atoms with Gasteiger partial charge in [-0.1, -0.05) is 35.4 Å². The lowest BCUT2D eigenvalue weighted by molar-refractivity contribution is 0.193. The Morgan fingerprint density at radius 2 is 1.71 bits per heavy atom. The molecule has 0 unspecified atom stereocenters. The number of hydrogen-bond acceptors (Lipinski definition) is 4. The molecule has 2 aromatic heterocycles. The number of hydrogen-bond donors (Lipinski definition) is 1. The lowest BCUT2D eigenvalue weighted by Gasteiger charge is -2.21. The maximum absolute atomic E-state index is 13.5. The number of halogens is 1. The molecule has 34 heavy (non-hydrogen) atoms. The molecule has 0 fully saturated rings. The summed E-state index contributed by atoms with van der Waals surface area (Å²) in [4.78, 5) is 4.82. The van der Waals surface area contributed by atoms with Gasteiger partial charge in [0.25, 0.3) is 0 Å². The van der Waals surface area contributed by atoms with Crippen LogP contribution in [0.15, 0.2) is 77.3 Å². The molecule has 3 aromatic carbocycles. The number of fused-ring (bicyclic) bond motifs is 4. The molecule has 4 nitrogen and oxygen atoms in total. The zero-order valence-electron chi connectivity index (χ0n) is 18.8. The van der Waals surface area contributed by atoms with E-state index >= 15 is 0 Å². The predicted octanol–water partition coefficient (Wildman–Crippen LogP) is 6.89. The summed E-state index contributed by atoms with van der Waals surface area (Å²) in [7, 11) is 0. The van der Waals surface area contributed by atoms with Crippen molar-refractivity contribution < 1.29 is 18.7 Å². The van der Waals surface area contributed by atoms with Crippen molar-refractivity contribution in [1.29, 1.82) is 0 Å². The van der Waals surface area contributed by atoms with E-state index in [2.05, 4.69) is 12.1 Å². The summed E-state index contributed by atoms with van der Waals surface area (Å²) in [5.41, 5.74) is 7.91. The molecule has 5 aromatic rings. The van der Waals surface area contributed by atoms with Crippen LogP contribution in [0.2, 0.25) is 0 Å². The number of pyridine rings is 1. The summed E-state index contributed by atoms with van der Waals surface area (Å²) in [6.07, 6.45) is 0.767. The van der Waals surface area contributed by atoms with Crippen LogP contribution in [0.5, 0.6) is 5.75 Å². The molecule has 0 saturated carbocycles. The molecule has 0 radical (unpaired) electrons. The monoisotopic (exact) mass is 451 g/mol. The van der Waals surface area contributed by atoms with E-state index in [4.69, 9.17) is 14.1 Å². The van der Waals surface area contributed by atoms with Gasteiger partial charge in [-0.15, -0.1) is 0 Å². The summed E-state index contributed by atoms with van der Waals surface area (Å²) in [6, 6.07) is 19.9. The van der Waals surface area contributed by atoms with E-state index in [0.29, 0.717) is 23.5 Å². The molecular formula is C29H22FNO3. The second-order valence-corrected chi connectivity index (χ2v) is 8.82. The van der Waals surface area contributed by atoms with Crippen LogP contribution in [-0.2, 0) is 6.61 Å². The van der Waals surface area contributed by atoms with Crippen LogP contribution >= 0.6 is 0 Å². The Morgan fingerprint density at radius 3 is 2.53 bits per heavy atom. The molecular weight excluding hydrogens is 429 g/mol. The standard InChI is InChI=1S/C29H22FNO3/c1-16-4-10-25-22(11-16)26(29(34-25)28(32)18-5-7-21(30)8-6-18)19-13-20-15-33-24-9-3-17(2)12-23(24)27(20)31-14-19/h3-14,28,32H,15H2,1-2H3/t28-/m0/s1. The van der Waals surface area contributed by atoms with Gasteiger partial charge in [0.1, 0.15) is 35.6 Å². The van der Waals surface area contributed by atoms with Crippen molar-refractivity contribution in [2.45, 2.75) is 26.6 Å². The third-order valence-corrected chi connectivity index (χ3v) is 6.33. The van der Waals surface area contributed by atoms with Crippen LogP contribution < -0.4 is 4.74 Å². The number of aliphatic hydroxyl groups excluding tert-OH is 1. The normalized spacial score (nSPS) is 13.3. The van der Waals surface area contributed by atoms with Crippen molar-refractivity contribution in [2.24, 2.45) is 0 Å². The Balaban J connectivity index is 1.54. The van der Waals surface area contributed by atoms with Crippen molar-refractivity contribution in [1.82, 2.24) is 4.98 Å². The summed E-state index contributed by atoms with van der Waals surface area (Å²) in [5, 5.41) is 12.1.